The van der Waals surface area contributed by atoms with Crippen molar-refractivity contribution in [3.63, 3.8) is 0 Å². The highest BCUT2D eigenvalue weighted by Gasteiger charge is 2.29. The summed E-state index contributed by atoms with van der Waals surface area (Å²) in [6, 6.07) is 0. The Morgan fingerprint density at radius 3 is 1.92 bits per heavy atom. The van der Waals surface area contributed by atoms with E-state index in [4.69, 9.17) is 0 Å². The summed E-state index contributed by atoms with van der Waals surface area (Å²) in [5.41, 5.74) is 3.38. The van der Waals surface area contributed by atoms with Gasteiger partial charge in [-0.05, 0) is 25.3 Å². The minimum atomic E-state index is 0.345. The van der Waals surface area contributed by atoms with Crippen molar-refractivity contribution in [2.45, 2.75) is 34.6 Å². The van der Waals surface area contributed by atoms with Crippen molar-refractivity contribution in [2.75, 3.05) is 0 Å². The summed E-state index contributed by atoms with van der Waals surface area (Å²) in [5.74, 6) is 0.560. The molecular formula is C11H19Si. The van der Waals surface area contributed by atoms with Crippen LogP contribution in [0.15, 0.2) is 16.3 Å². The van der Waals surface area contributed by atoms with E-state index in [0.29, 0.717) is 11.3 Å². The summed E-state index contributed by atoms with van der Waals surface area (Å²) in [5, 5.41) is 1.48. The van der Waals surface area contributed by atoms with Crippen LogP contribution in [0.25, 0.3) is 0 Å². The van der Waals surface area contributed by atoms with Crippen molar-refractivity contribution < 1.29 is 0 Å². The van der Waals surface area contributed by atoms with Crippen molar-refractivity contribution >= 4 is 10.2 Å². The third-order valence-electron chi connectivity index (χ3n) is 2.81. The first kappa shape index (κ1) is 9.78. The molecule has 67 valence electrons. The van der Waals surface area contributed by atoms with Crippen LogP contribution in [-0.2, 0) is 0 Å². The summed E-state index contributed by atoms with van der Waals surface area (Å²) in [6.45, 7) is 11.4. The molecule has 1 rings (SSSR count). The predicted octanol–water partition coefficient (Wildman–Crippen LogP) is 2.05. The normalized spacial score (nSPS) is 25.1. The maximum absolute atomic E-state index is 3.60. The molecule has 0 N–H and O–H groups in total. The van der Waals surface area contributed by atoms with Gasteiger partial charge in [-0.25, -0.2) is 0 Å². The van der Waals surface area contributed by atoms with Gasteiger partial charge in [0.1, 0.15) is 0 Å². The van der Waals surface area contributed by atoms with E-state index >= 15 is 0 Å². The lowest BCUT2D eigenvalue weighted by Crippen LogP contribution is -2.18. The molecule has 0 heterocycles. The Bertz CT molecular complexity index is 251. The molecular weight excluding hydrogens is 160 g/mol. The summed E-state index contributed by atoms with van der Waals surface area (Å²) in [4.78, 5) is 0. The van der Waals surface area contributed by atoms with Crippen molar-refractivity contribution in [2.24, 2.45) is 11.3 Å². The van der Waals surface area contributed by atoms with E-state index in [1.807, 2.05) is 0 Å². The highest BCUT2D eigenvalue weighted by atomic mass is 28.1. The van der Waals surface area contributed by atoms with E-state index in [9.17, 15) is 0 Å². The molecule has 0 aliphatic heterocycles. The van der Waals surface area contributed by atoms with Gasteiger partial charge in [0.05, 0.1) is 0 Å². The highest BCUT2D eigenvalue weighted by molar-refractivity contribution is 6.24. The Balaban J connectivity index is 3.01. The van der Waals surface area contributed by atoms with Crippen LogP contribution < -0.4 is 0 Å². The van der Waals surface area contributed by atoms with Crippen LogP contribution in [0.1, 0.15) is 34.6 Å². The summed E-state index contributed by atoms with van der Waals surface area (Å²) in [7, 11) is 1.14. The lowest BCUT2D eigenvalue weighted by Gasteiger charge is -2.26. The summed E-state index contributed by atoms with van der Waals surface area (Å²) >= 11 is 0. The zero-order valence-corrected chi connectivity index (χ0v) is 11.1. The van der Waals surface area contributed by atoms with E-state index < -0.39 is 0 Å². The summed E-state index contributed by atoms with van der Waals surface area (Å²) < 4.78 is 0. The van der Waals surface area contributed by atoms with Gasteiger partial charge in [0.2, 0.25) is 0 Å². The van der Waals surface area contributed by atoms with Crippen molar-refractivity contribution in [1.29, 1.82) is 0 Å². The van der Waals surface area contributed by atoms with Crippen molar-refractivity contribution in [3.05, 3.63) is 22.4 Å². The molecule has 0 aromatic carbocycles. The second-order valence-electron chi connectivity index (χ2n) is 4.88. The van der Waals surface area contributed by atoms with E-state index in [0.717, 1.165) is 10.2 Å². The largest absolute Gasteiger partial charge is 0.0639 e. The molecule has 0 spiro atoms. The fourth-order valence-electron chi connectivity index (χ4n) is 1.81. The molecule has 0 saturated heterocycles. The Morgan fingerprint density at radius 1 is 1.25 bits per heavy atom. The van der Waals surface area contributed by atoms with Crippen molar-refractivity contribution in [1.82, 2.24) is 0 Å². The standard InChI is InChI=1S/C11H19Si/c1-7-8(2)10(12)6-9(7)11(3,4)5/h9H,1-5,12H3. The first-order valence-corrected chi connectivity index (χ1v) is 5.62. The van der Waals surface area contributed by atoms with Gasteiger partial charge in [-0.15, -0.1) is 0 Å². The van der Waals surface area contributed by atoms with Gasteiger partial charge in [0.25, 0.3) is 0 Å². The molecule has 0 aromatic heterocycles. The molecule has 1 aliphatic rings. The molecule has 1 unspecified atom stereocenters. The topological polar surface area (TPSA) is 0 Å². The fraction of sp³-hybridized carbons (Fsp3) is 0.636. The number of rotatable bonds is 0. The molecule has 0 amide bonds. The van der Waals surface area contributed by atoms with Gasteiger partial charge in [0.15, 0.2) is 0 Å². The van der Waals surface area contributed by atoms with E-state index in [2.05, 4.69) is 40.7 Å². The van der Waals surface area contributed by atoms with Gasteiger partial charge in [-0.3, -0.25) is 0 Å². The van der Waals surface area contributed by atoms with Crippen LogP contribution in [0.5, 0.6) is 0 Å². The third-order valence-corrected chi connectivity index (χ3v) is 3.85. The Kier molecular flexibility index (Phi) is 2.35. The minimum absolute atomic E-state index is 0.345. The molecule has 0 fully saturated rings. The number of hydrogen-bond acceptors (Lipinski definition) is 0. The van der Waals surface area contributed by atoms with Gasteiger partial charge in [0, 0.05) is 16.2 Å². The SMILES string of the molecule is CC1=C(C)C(C(C)(C)C)[C]=C1[SiH3]. The predicted molar refractivity (Wildman–Crippen MR) is 58.0 cm³/mol. The molecule has 1 radical (unpaired) electrons. The Hall–Kier alpha value is -0.303. The molecule has 0 nitrogen and oxygen atoms in total. The maximum Gasteiger partial charge on any atom is 0.0392 e. The molecule has 0 bridgehead atoms. The van der Waals surface area contributed by atoms with Gasteiger partial charge < -0.3 is 0 Å². The van der Waals surface area contributed by atoms with Crippen LogP contribution in [0.2, 0.25) is 0 Å². The van der Waals surface area contributed by atoms with Crippen LogP contribution in [0.3, 0.4) is 0 Å². The Labute approximate surface area is 79.2 Å². The van der Waals surface area contributed by atoms with E-state index in [1.165, 1.54) is 16.3 Å². The zero-order valence-electron chi connectivity index (χ0n) is 9.08. The first-order valence-electron chi connectivity index (χ1n) is 4.62. The number of hydrogen-bond donors (Lipinski definition) is 0. The average molecular weight is 179 g/mol. The smallest absolute Gasteiger partial charge is 0.0392 e. The lowest BCUT2D eigenvalue weighted by molar-refractivity contribution is 0.325. The molecule has 1 heteroatoms. The molecule has 0 aromatic rings. The van der Waals surface area contributed by atoms with Gasteiger partial charge >= 0.3 is 0 Å². The zero-order chi connectivity index (χ0) is 9.52. The second kappa shape index (κ2) is 2.88. The third kappa shape index (κ3) is 1.56. The van der Waals surface area contributed by atoms with Crippen LogP contribution in [-0.4, -0.2) is 10.2 Å². The molecule has 0 saturated carbocycles. The molecule has 12 heavy (non-hydrogen) atoms. The number of allylic oxidation sites excluding steroid dienone is 4. The molecule has 1 aliphatic carbocycles. The maximum atomic E-state index is 3.60. The highest BCUT2D eigenvalue weighted by Crippen LogP contribution is 2.39. The van der Waals surface area contributed by atoms with Crippen LogP contribution in [0.4, 0.5) is 0 Å². The quantitative estimate of drug-likeness (QED) is 0.499. The Morgan fingerprint density at radius 2 is 1.75 bits per heavy atom. The van der Waals surface area contributed by atoms with Crippen LogP contribution >= 0.6 is 0 Å². The summed E-state index contributed by atoms with van der Waals surface area (Å²) in [6.07, 6.45) is 3.60. The minimum Gasteiger partial charge on any atom is -0.0639 e. The first-order chi connectivity index (χ1) is 5.34. The van der Waals surface area contributed by atoms with Crippen LogP contribution in [0, 0.1) is 17.4 Å². The monoisotopic (exact) mass is 179 g/mol. The van der Waals surface area contributed by atoms with E-state index in [1.54, 1.807) is 0 Å². The molecule has 1 atom stereocenters. The average Bonchev–Trinajstić information content (AvgIpc) is 2.15. The van der Waals surface area contributed by atoms with Crippen molar-refractivity contribution in [3.8, 4) is 0 Å². The van der Waals surface area contributed by atoms with Gasteiger partial charge in [-0.2, -0.15) is 0 Å². The fourth-order valence-corrected chi connectivity index (χ4v) is 2.49. The lowest BCUT2D eigenvalue weighted by atomic mass is 9.78. The van der Waals surface area contributed by atoms with Gasteiger partial charge in [-0.1, -0.05) is 37.1 Å². The second-order valence-corrected chi connectivity index (χ2v) is 5.88. The van der Waals surface area contributed by atoms with E-state index in [-0.39, 0.29) is 0 Å².